The van der Waals surface area contributed by atoms with Gasteiger partial charge in [0.15, 0.2) is 6.61 Å². The SMILES string of the molecule is CC(C)C(=O)N1CCc2ccc(OCC(=O)Nc3cccc(Cl)c3)cc2C1c1ccc(F)cc1. The van der Waals surface area contributed by atoms with Gasteiger partial charge in [-0.2, -0.15) is 0 Å². The van der Waals surface area contributed by atoms with Gasteiger partial charge >= 0.3 is 0 Å². The van der Waals surface area contributed by atoms with Crippen molar-refractivity contribution in [1.29, 1.82) is 0 Å². The number of ether oxygens (including phenoxy) is 1. The van der Waals surface area contributed by atoms with E-state index in [4.69, 9.17) is 16.3 Å². The molecule has 4 rings (SSSR count). The molecular formula is C27H26ClFN2O3. The Morgan fingerprint density at radius 2 is 1.88 bits per heavy atom. The maximum absolute atomic E-state index is 13.6. The van der Waals surface area contributed by atoms with Gasteiger partial charge in [-0.05, 0) is 65.6 Å². The average Bonchev–Trinajstić information content (AvgIpc) is 2.82. The number of benzene rings is 3. The van der Waals surface area contributed by atoms with Crippen molar-refractivity contribution in [2.24, 2.45) is 5.92 Å². The van der Waals surface area contributed by atoms with Gasteiger partial charge in [0.1, 0.15) is 11.6 Å². The summed E-state index contributed by atoms with van der Waals surface area (Å²) >= 11 is 5.96. The Morgan fingerprint density at radius 1 is 1.12 bits per heavy atom. The lowest BCUT2D eigenvalue weighted by atomic mass is 9.87. The van der Waals surface area contributed by atoms with Gasteiger partial charge in [-0.1, -0.05) is 49.7 Å². The molecule has 3 aromatic carbocycles. The average molecular weight is 481 g/mol. The zero-order valence-corrected chi connectivity index (χ0v) is 19.8. The molecule has 1 unspecified atom stereocenters. The van der Waals surface area contributed by atoms with Crippen molar-refractivity contribution in [2.75, 3.05) is 18.5 Å². The first-order chi connectivity index (χ1) is 16.3. The molecule has 1 aliphatic heterocycles. The molecule has 0 radical (unpaired) electrons. The largest absolute Gasteiger partial charge is 0.484 e. The Bertz CT molecular complexity index is 1200. The molecule has 34 heavy (non-hydrogen) atoms. The predicted molar refractivity (Wildman–Crippen MR) is 131 cm³/mol. The van der Waals surface area contributed by atoms with Crippen molar-refractivity contribution in [1.82, 2.24) is 4.90 Å². The third-order valence-electron chi connectivity index (χ3n) is 5.79. The summed E-state index contributed by atoms with van der Waals surface area (Å²) in [5.41, 5.74) is 3.43. The molecule has 176 valence electrons. The van der Waals surface area contributed by atoms with E-state index in [2.05, 4.69) is 5.32 Å². The maximum Gasteiger partial charge on any atom is 0.262 e. The molecule has 0 fully saturated rings. The van der Waals surface area contributed by atoms with E-state index in [1.165, 1.54) is 12.1 Å². The lowest BCUT2D eigenvalue weighted by Gasteiger charge is -2.39. The summed E-state index contributed by atoms with van der Waals surface area (Å²) in [7, 11) is 0. The molecule has 7 heteroatoms. The van der Waals surface area contributed by atoms with Crippen LogP contribution < -0.4 is 10.1 Å². The third-order valence-corrected chi connectivity index (χ3v) is 6.02. The zero-order valence-electron chi connectivity index (χ0n) is 19.1. The van der Waals surface area contributed by atoms with E-state index >= 15 is 0 Å². The molecule has 0 saturated carbocycles. The summed E-state index contributed by atoms with van der Waals surface area (Å²) in [6.07, 6.45) is 0.709. The molecule has 2 amide bonds. The first kappa shape index (κ1) is 23.8. The van der Waals surface area contributed by atoms with Gasteiger partial charge < -0.3 is 15.0 Å². The van der Waals surface area contributed by atoms with E-state index in [0.29, 0.717) is 29.4 Å². The van der Waals surface area contributed by atoms with Crippen molar-refractivity contribution >= 4 is 29.1 Å². The highest BCUT2D eigenvalue weighted by atomic mass is 35.5. The van der Waals surface area contributed by atoms with Crippen LogP contribution in [0.4, 0.5) is 10.1 Å². The summed E-state index contributed by atoms with van der Waals surface area (Å²) in [6.45, 7) is 4.14. The molecule has 1 heterocycles. The van der Waals surface area contributed by atoms with E-state index in [1.807, 2.05) is 36.9 Å². The maximum atomic E-state index is 13.6. The Balaban J connectivity index is 1.57. The van der Waals surface area contributed by atoms with E-state index in [9.17, 15) is 14.0 Å². The summed E-state index contributed by atoms with van der Waals surface area (Å²) in [6, 6.07) is 18.4. The fourth-order valence-corrected chi connectivity index (χ4v) is 4.36. The van der Waals surface area contributed by atoms with Crippen molar-refractivity contribution in [2.45, 2.75) is 26.3 Å². The molecule has 0 saturated heterocycles. The zero-order chi connectivity index (χ0) is 24.2. The quantitative estimate of drug-likeness (QED) is 0.497. The normalized spacial score (nSPS) is 15.1. The molecular weight excluding hydrogens is 455 g/mol. The minimum Gasteiger partial charge on any atom is -0.484 e. The molecule has 1 N–H and O–H groups in total. The Morgan fingerprint density at radius 3 is 2.59 bits per heavy atom. The minimum atomic E-state index is -0.358. The molecule has 3 aromatic rings. The fourth-order valence-electron chi connectivity index (χ4n) is 4.17. The van der Waals surface area contributed by atoms with Crippen LogP contribution in [0.25, 0.3) is 0 Å². The minimum absolute atomic E-state index is 0.0344. The summed E-state index contributed by atoms with van der Waals surface area (Å²) in [5, 5.41) is 3.28. The number of amides is 2. The van der Waals surface area contributed by atoms with Crippen LogP contribution >= 0.6 is 11.6 Å². The number of carbonyl (C=O) groups excluding carboxylic acids is 2. The van der Waals surface area contributed by atoms with Crippen molar-refractivity contribution in [3.05, 3.63) is 94.3 Å². The first-order valence-electron chi connectivity index (χ1n) is 11.2. The number of hydrogen-bond donors (Lipinski definition) is 1. The second kappa shape index (κ2) is 10.3. The lowest BCUT2D eigenvalue weighted by molar-refractivity contribution is -0.136. The van der Waals surface area contributed by atoms with Crippen LogP contribution in [0.15, 0.2) is 66.7 Å². The van der Waals surface area contributed by atoms with Crippen LogP contribution in [0.3, 0.4) is 0 Å². The Labute approximate surface area is 203 Å². The van der Waals surface area contributed by atoms with Crippen molar-refractivity contribution in [3.63, 3.8) is 0 Å². The molecule has 0 spiro atoms. The van der Waals surface area contributed by atoms with E-state index in [-0.39, 0.29) is 36.2 Å². The highest BCUT2D eigenvalue weighted by molar-refractivity contribution is 6.30. The summed E-state index contributed by atoms with van der Waals surface area (Å²) in [4.78, 5) is 27.2. The Hall–Kier alpha value is -3.38. The number of halogens is 2. The van der Waals surface area contributed by atoms with Gasteiger partial charge in [0, 0.05) is 23.2 Å². The molecule has 1 aliphatic rings. The van der Waals surface area contributed by atoms with Crippen LogP contribution in [0.2, 0.25) is 5.02 Å². The third kappa shape index (κ3) is 5.39. The highest BCUT2D eigenvalue weighted by Crippen LogP contribution is 2.38. The highest BCUT2D eigenvalue weighted by Gasteiger charge is 2.33. The number of nitrogens with zero attached hydrogens (tertiary/aromatic N) is 1. The second-order valence-corrected chi connectivity index (χ2v) is 9.03. The van der Waals surface area contributed by atoms with Crippen LogP contribution in [0.1, 0.15) is 36.6 Å². The first-order valence-corrected chi connectivity index (χ1v) is 11.6. The number of fused-ring (bicyclic) bond motifs is 1. The van der Waals surface area contributed by atoms with Gasteiger partial charge in [-0.3, -0.25) is 9.59 Å². The monoisotopic (exact) mass is 480 g/mol. The summed E-state index contributed by atoms with van der Waals surface area (Å²) < 4.78 is 19.4. The molecule has 0 aliphatic carbocycles. The number of rotatable bonds is 6. The number of carbonyl (C=O) groups is 2. The van der Waals surface area contributed by atoms with E-state index in [0.717, 1.165) is 16.7 Å². The molecule has 5 nitrogen and oxygen atoms in total. The van der Waals surface area contributed by atoms with Gasteiger partial charge in [-0.25, -0.2) is 4.39 Å². The number of nitrogens with one attached hydrogen (secondary N) is 1. The van der Waals surface area contributed by atoms with Crippen LogP contribution in [0.5, 0.6) is 5.75 Å². The van der Waals surface area contributed by atoms with Crippen molar-refractivity contribution < 1.29 is 18.7 Å². The van der Waals surface area contributed by atoms with Crippen LogP contribution in [0, 0.1) is 11.7 Å². The predicted octanol–water partition coefficient (Wildman–Crippen LogP) is 5.63. The standard InChI is InChI=1S/C27H26ClFN2O3/c1-17(2)27(33)31-13-12-18-8-11-23(15-24(18)26(31)19-6-9-21(29)10-7-19)34-16-25(32)30-22-5-3-4-20(28)14-22/h3-11,14-15,17,26H,12-13,16H2,1-2H3,(H,30,32). The van der Waals surface area contributed by atoms with Gasteiger partial charge in [0.2, 0.25) is 5.91 Å². The van der Waals surface area contributed by atoms with E-state index < -0.39 is 0 Å². The molecule has 0 bridgehead atoms. The fraction of sp³-hybridized carbons (Fsp3) is 0.259. The Kier molecular flexibility index (Phi) is 7.17. The van der Waals surface area contributed by atoms with E-state index in [1.54, 1.807) is 36.4 Å². The second-order valence-electron chi connectivity index (χ2n) is 8.60. The molecule has 1 atom stereocenters. The topological polar surface area (TPSA) is 58.6 Å². The summed E-state index contributed by atoms with van der Waals surface area (Å²) in [5.74, 6) is -0.256. The number of anilines is 1. The lowest BCUT2D eigenvalue weighted by Crippen LogP contribution is -2.42. The van der Waals surface area contributed by atoms with Gasteiger partial charge in [-0.15, -0.1) is 0 Å². The molecule has 0 aromatic heterocycles. The van der Waals surface area contributed by atoms with Crippen molar-refractivity contribution in [3.8, 4) is 5.75 Å². The smallest absolute Gasteiger partial charge is 0.262 e. The number of hydrogen-bond acceptors (Lipinski definition) is 3. The van der Waals surface area contributed by atoms with Gasteiger partial charge in [0.25, 0.3) is 5.91 Å². The van der Waals surface area contributed by atoms with Crippen LogP contribution in [-0.2, 0) is 16.0 Å². The van der Waals surface area contributed by atoms with Crippen LogP contribution in [-0.4, -0.2) is 29.9 Å². The van der Waals surface area contributed by atoms with Gasteiger partial charge in [0.05, 0.1) is 6.04 Å².